The summed E-state index contributed by atoms with van der Waals surface area (Å²) in [4.78, 5) is 22.1. The van der Waals surface area contributed by atoms with Crippen LogP contribution in [0.4, 0.5) is 0 Å². The molecule has 3 aromatic rings. The molecule has 2 aromatic heterocycles. The van der Waals surface area contributed by atoms with E-state index in [1.54, 1.807) is 29.9 Å². The Hall–Kier alpha value is -1.90. The van der Waals surface area contributed by atoms with Crippen LogP contribution in [-0.2, 0) is 11.3 Å². The van der Waals surface area contributed by atoms with Gasteiger partial charge in [0.25, 0.3) is 5.56 Å². The lowest BCUT2D eigenvalue weighted by molar-refractivity contribution is 0.183. The predicted octanol–water partition coefficient (Wildman–Crippen LogP) is 3.81. The molecule has 0 amide bonds. The maximum Gasteiger partial charge on any atom is 0.262 e. The van der Waals surface area contributed by atoms with Gasteiger partial charge in [-0.1, -0.05) is 28.5 Å². The Morgan fingerprint density at radius 2 is 2.22 bits per heavy atom. The van der Waals surface area contributed by atoms with E-state index in [1.807, 2.05) is 6.92 Å². The summed E-state index contributed by atoms with van der Waals surface area (Å²) in [5, 5.41) is 5.57. The second-order valence-corrected chi connectivity index (χ2v) is 8.27. The lowest BCUT2D eigenvalue weighted by Crippen LogP contribution is -2.25. The first kappa shape index (κ1) is 18.5. The van der Waals surface area contributed by atoms with E-state index in [1.165, 1.54) is 11.8 Å². The smallest absolute Gasteiger partial charge is 0.262 e. The topological polar surface area (TPSA) is 83.0 Å². The Balaban J connectivity index is 1.70. The van der Waals surface area contributed by atoms with Crippen molar-refractivity contribution in [1.29, 1.82) is 0 Å². The predicted molar refractivity (Wildman–Crippen MR) is 103 cm³/mol. The normalized spacial score (nSPS) is 15.4. The zero-order valence-corrected chi connectivity index (χ0v) is 16.6. The van der Waals surface area contributed by atoms with Crippen molar-refractivity contribution >= 4 is 34.3 Å². The molecule has 1 fully saturated rings. The van der Waals surface area contributed by atoms with Gasteiger partial charge >= 0.3 is 0 Å². The highest BCUT2D eigenvalue weighted by molar-refractivity contribution is 7.99. The fourth-order valence-corrected chi connectivity index (χ4v) is 3.90. The Labute approximate surface area is 165 Å². The fourth-order valence-electron chi connectivity index (χ4n) is 2.77. The molecular formula is C18H19ClN4O3S. The first-order valence-electron chi connectivity index (χ1n) is 8.76. The minimum Gasteiger partial charge on any atom is -0.383 e. The summed E-state index contributed by atoms with van der Waals surface area (Å²) in [5.41, 5.74) is 0.452. The van der Waals surface area contributed by atoms with Crippen LogP contribution in [0.15, 0.2) is 32.7 Å². The van der Waals surface area contributed by atoms with Gasteiger partial charge in [0, 0.05) is 18.1 Å². The molecule has 2 heterocycles. The van der Waals surface area contributed by atoms with Crippen molar-refractivity contribution in [3.63, 3.8) is 0 Å². The van der Waals surface area contributed by atoms with Gasteiger partial charge in [-0.15, -0.1) is 0 Å². The van der Waals surface area contributed by atoms with E-state index in [-0.39, 0.29) is 10.8 Å². The summed E-state index contributed by atoms with van der Waals surface area (Å²) in [7, 11) is 1.60. The molecule has 1 unspecified atom stereocenters. The first-order chi connectivity index (χ1) is 13.1. The van der Waals surface area contributed by atoms with Crippen LogP contribution in [0.3, 0.4) is 0 Å². The van der Waals surface area contributed by atoms with Gasteiger partial charge in [-0.2, -0.15) is 4.98 Å². The van der Waals surface area contributed by atoms with Crippen LogP contribution in [0.2, 0.25) is 5.02 Å². The Kier molecular flexibility index (Phi) is 5.21. The van der Waals surface area contributed by atoms with E-state index in [2.05, 4.69) is 15.1 Å². The van der Waals surface area contributed by atoms with Crippen molar-refractivity contribution in [2.45, 2.75) is 42.6 Å². The monoisotopic (exact) mass is 406 g/mol. The van der Waals surface area contributed by atoms with Crippen molar-refractivity contribution in [3.05, 3.63) is 45.3 Å². The Morgan fingerprint density at radius 3 is 2.96 bits per heavy atom. The average molecular weight is 407 g/mol. The van der Waals surface area contributed by atoms with E-state index in [4.69, 9.17) is 20.9 Å². The van der Waals surface area contributed by atoms with E-state index in [0.29, 0.717) is 46.0 Å². The molecule has 7 nitrogen and oxygen atoms in total. The van der Waals surface area contributed by atoms with Crippen LogP contribution in [-0.4, -0.2) is 33.4 Å². The number of ether oxygens (including phenoxy) is 1. The van der Waals surface area contributed by atoms with Crippen LogP contribution in [0.5, 0.6) is 0 Å². The van der Waals surface area contributed by atoms with Crippen molar-refractivity contribution in [3.8, 4) is 0 Å². The molecule has 0 aliphatic heterocycles. The van der Waals surface area contributed by atoms with Gasteiger partial charge < -0.3 is 9.26 Å². The molecule has 1 aromatic carbocycles. The summed E-state index contributed by atoms with van der Waals surface area (Å²) in [6, 6.07) is 5.10. The average Bonchev–Trinajstić information content (AvgIpc) is 3.38. The number of halogens is 1. The van der Waals surface area contributed by atoms with E-state index in [0.717, 1.165) is 18.7 Å². The second-order valence-electron chi connectivity index (χ2n) is 6.53. The number of hydrogen-bond acceptors (Lipinski definition) is 7. The van der Waals surface area contributed by atoms with Gasteiger partial charge in [-0.05, 0) is 38.0 Å². The molecule has 0 bridgehead atoms. The fraction of sp³-hybridized carbons (Fsp3) is 0.444. The third-order valence-electron chi connectivity index (χ3n) is 4.43. The Morgan fingerprint density at radius 1 is 1.41 bits per heavy atom. The highest BCUT2D eigenvalue weighted by atomic mass is 35.5. The van der Waals surface area contributed by atoms with Crippen molar-refractivity contribution in [2.24, 2.45) is 0 Å². The third-order valence-corrected chi connectivity index (χ3v) is 5.74. The van der Waals surface area contributed by atoms with Gasteiger partial charge in [0.2, 0.25) is 5.89 Å². The standard InChI is InChI=1S/C18H19ClN4O3S/c1-10(16-21-15(22-26-16)11-3-4-11)27-18-20-14-9-12(19)5-6-13(14)17(24)23(18)7-8-25-2/h5-6,9-11H,3-4,7-8H2,1-2H3. The Bertz CT molecular complexity index is 1030. The molecule has 142 valence electrons. The van der Waals surface area contributed by atoms with E-state index < -0.39 is 0 Å². The minimum absolute atomic E-state index is 0.118. The molecule has 27 heavy (non-hydrogen) atoms. The molecular weight excluding hydrogens is 388 g/mol. The number of nitrogens with zero attached hydrogens (tertiary/aromatic N) is 4. The largest absolute Gasteiger partial charge is 0.383 e. The van der Waals surface area contributed by atoms with E-state index >= 15 is 0 Å². The van der Waals surface area contributed by atoms with Gasteiger partial charge in [-0.25, -0.2) is 4.98 Å². The number of aromatic nitrogens is 4. The van der Waals surface area contributed by atoms with Crippen molar-refractivity contribution < 1.29 is 9.26 Å². The van der Waals surface area contributed by atoms with Crippen LogP contribution in [0.25, 0.3) is 10.9 Å². The lowest BCUT2D eigenvalue weighted by atomic mass is 10.2. The quantitative estimate of drug-likeness (QED) is 0.435. The summed E-state index contributed by atoms with van der Waals surface area (Å²) in [6.45, 7) is 2.78. The van der Waals surface area contributed by atoms with Crippen molar-refractivity contribution in [1.82, 2.24) is 19.7 Å². The number of hydrogen-bond donors (Lipinski definition) is 0. The molecule has 0 radical (unpaired) electrons. The summed E-state index contributed by atoms with van der Waals surface area (Å²) in [5.74, 6) is 1.74. The molecule has 1 aliphatic carbocycles. The number of methoxy groups -OCH3 is 1. The zero-order chi connectivity index (χ0) is 19.0. The maximum atomic E-state index is 12.9. The number of benzene rings is 1. The summed E-state index contributed by atoms with van der Waals surface area (Å²) < 4.78 is 12.2. The maximum absolute atomic E-state index is 12.9. The molecule has 1 saturated carbocycles. The molecule has 0 N–H and O–H groups in total. The van der Waals surface area contributed by atoms with Gasteiger partial charge in [-0.3, -0.25) is 9.36 Å². The lowest BCUT2D eigenvalue weighted by Gasteiger charge is -2.14. The summed E-state index contributed by atoms with van der Waals surface area (Å²) in [6.07, 6.45) is 2.23. The van der Waals surface area contributed by atoms with Gasteiger partial charge in [0.15, 0.2) is 11.0 Å². The van der Waals surface area contributed by atoms with E-state index in [9.17, 15) is 4.79 Å². The minimum atomic E-state index is -0.137. The highest BCUT2D eigenvalue weighted by Crippen LogP contribution is 2.40. The second kappa shape index (κ2) is 7.61. The SMILES string of the molecule is COCCn1c(SC(C)c2nc(C3CC3)no2)nc2cc(Cl)ccc2c1=O. The van der Waals surface area contributed by atoms with Gasteiger partial charge in [0.1, 0.15) is 0 Å². The number of fused-ring (bicyclic) bond motifs is 1. The number of thioether (sulfide) groups is 1. The van der Waals surface area contributed by atoms with Crippen molar-refractivity contribution in [2.75, 3.05) is 13.7 Å². The van der Waals surface area contributed by atoms with Crippen LogP contribution >= 0.6 is 23.4 Å². The highest BCUT2D eigenvalue weighted by Gasteiger charge is 2.30. The zero-order valence-electron chi connectivity index (χ0n) is 15.0. The molecule has 0 spiro atoms. The van der Waals surface area contributed by atoms with Crippen LogP contribution in [0, 0.1) is 0 Å². The van der Waals surface area contributed by atoms with Crippen LogP contribution < -0.4 is 5.56 Å². The molecule has 4 rings (SSSR count). The molecule has 1 aliphatic rings. The first-order valence-corrected chi connectivity index (χ1v) is 10.0. The van der Waals surface area contributed by atoms with Crippen LogP contribution in [0.1, 0.15) is 42.6 Å². The molecule has 0 saturated heterocycles. The third kappa shape index (κ3) is 3.88. The molecule has 1 atom stereocenters. The van der Waals surface area contributed by atoms with Gasteiger partial charge in [0.05, 0.1) is 29.3 Å². The summed E-state index contributed by atoms with van der Waals surface area (Å²) >= 11 is 7.49. The molecule has 9 heteroatoms. The number of rotatable bonds is 7.